The van der Waals surface area contributed by atoms with Crippen LogP contribution in [0.3, 0.4) is 0 Å². The van der Waals surface area contributed by atoms with E-state index in [1.807, 2.05) is 43.3 Å². The first-order valence-corrected chi connectivity index (χ1v) is 8.10. The Morgan fingerprint density at radius 2 is 1.74 bits per heavy atom. The average Bonchev–Trinajstić information content (AvgIpc) is 2.51. The van der Waals surface area contributed by atoms with Gasteiger partial charge < -0.3 is 10.2 Å². The minimum absolute atomic E-state index is 0.0275. The van der Waals surface area contributed by atoms with Crippen LogP contribution in [0.1, 0.15) is 18.1 Å². The molecule has 0 spiro atoms. The molecule has 0 aliphatic rings. The molecule has 4 nitrogen and oxygen atoms in total. The van der Waals surface area contributed by atoms with Gasteiger partial charge in [-0.3, -0.25) is 9.59 Å². The zero-order chi connectivity index (χ0) is 16.8. The molecule has 23 heavy (non-hydrogen) atoms. The topological polar surface area (TPSA) is 49.4 Å². The summed E-state index contributed by atoms with van der Waals surface area (Å²) >= 11 is 3.35. The maximum Gasteiger partial charge on any atom is 0.244 e. The zero-order valence-corrected chi connectivity index (χ0v) is 14.8. The van der Waals surface area contributed by atoms with E-state index in [1.165, 1.54) is 11.8 Å². The number of nitrogens with zero attached hydrogens (tertiary/aromatic N) is 1. The summed E-state index contributed by atoms with van der Waals surface area (Å²) in [6.07, 6.45) is 0. The molecule has 0 aromatic heterocycles. The van der Waals surface area contributed by atoms with Crippen LogP contribution >= 0.6 is 15.9 Å². The summed E-state index contributed by atoms with van der Waals surface area (Å²) in [5.74, 6) is -0.338. The van der Waals surface area contributed by atoms with Gasteiger partial charge in [0.05, 0.1) is 0 Å². The van der Waals surface area contributed by atoms with Crippen molar-refractivity contribution in [2.45, 2.75) is 20.4 Å². The Kier molecular flexibility index (Phi) is 5.93. The predicted octanol–water partition coefficient (Wildman–Crippen LogP) is 3.74. The Morgan fingerprint density at radius 1 is 1.09 bits per heavy atom. The Balaban J connectivity index is 2.01. The van der Waals surface area contributed by atoms with Crippen molar-refractivity contribution in [1.29, 1.82) is 0 Å². The largest absolute Gasteiger partial charge is 0.329 e. The fraction of sp³-hybridized carbons (Fsp3) is 0.222. The lowest BCUT2D eigenvalue weighted by atomic mass is 10.1. The van der Waals surface area contributed by atoms with Gasteiger partial charge in [0.2, 0.25) is 11.8 Å². The number of hydrogen-bond donors (Lipinski definition) is 1. The molecule has 0 atom stereocenters. The van der Waals surface area contributed by atoms with E-state index < -0.39 is 0 Å². The number of rotatable bonds is 5. The lowest BCUT2D eigenvalue weighted by molar-refractivity contribution is -0.133. The molecule has 2 aromatic rings. The second-order valence-electron chi connectivity index (χ2n) is 5.36. The highest BCUT2D eigenvalue weighted by molar-refractivity contribution is 9.10. The van der Waals surface area contributed by atoms with Gasteiger partial charge in [-0.05, 0) is 42.3 Å². The quantitative estimate of drug-likeness (QED) is 0.866. The number of aryl methyl sites for hydroxylation is 1. The molecule has 2 amide bonds. The van der Waals surface area contributed by atoms with E-state index in [9.17, 15) is 9.59 Å². The van der Waals surface area contributed by atoms with E-state index in [2.05, 4.69) is 21.2 Å². The lowest BCUT2D eigenvalue weighted by Crippen LogP contribution is -2.36. The van der Waals surface area contributed by atoms with Crippen molar-refractivity contribution in [2.75, 3.05) is 11.9 Å². The van der Waals surface area contributed by atoms with E-state index >= 15 is 0 Å². The summed E-state index contributed by atoms with van der Waals surface area (Å²) in [7, 11) is 0. The lowest BCUT2D eigenvalue weighted by Gasteiger charge is -2.21. The molecule has 5 heteroatoms. The molecule has 0 unspecified atom stereocenters. The number of carbonyl (C=O) groups is 2. The fourth-order valence-electron chi connectivity index (χ4n) is 2.18. The van der Waals surface area contributed by atoms with Gasteiger partial charge in [0.15, 0.2) is 0 Å². The molecule has 0 saturated heterocycles. The molecule has 0 aliphatic carbocycles. The van der Waals surface area contributed by atoms with Crippen molar-refractivity contribution in [3.8, 4) is 0 Å². The molecule has 1 N–H and O–H groups in total. The number of anilines is 1. The van der Waals surface area contributed by atoms with Gasteiger partial charge in [-0.1, -0.05) is 40.2 Å². The smallest absolute Gasteiger partial charge is 0.244 e. The molecule has 0 saturated carbocycles. The summed E-state index contributed by atoms with van der Waals surface area (Å²) in [5, 5.41) is 2.80. The number of amides is 2. The normalized spacial score (nSPS) is 10.2. The van der Waals surface area contributed by atoms with E-state index in [-0.39, 0.29) is 18.4 Å². The van der Waals surface area contributed by atoms with Crippen LogP contribution in [0, 0.1) is 6.92 Å². The minimum atomic E-state index is -0.212. The zero-order valence-electron chi connectivity index (χ0n) is 13.2. The van der Waals surface area contributed by atoms with Crippen LogP contribution in [0.15, 0.2) is 53.0 Å². The molecule has 2 aromatic carbocycles. The molecule has 0 radical (unpaired) electrons. The van der Waals surface area contributed by atoms with Crippen molar-refractivity contribution < 1.29 is 9.59 Å². The highest BCUT2D eigenvalue weighted by Crippen LogP contribution is 2.15. The van der Waals surface area contributed by atoms with Crippen molar-refractivity contribution in [2.24, 2.45) is 0 Å². The minimum Gasteiger partial charge on any atom is -0.329 e. The van der Waals surface area contributed by atoms with Crippen molar-refractivity contribution in [1.82, 2.24) is 4.90 Å². The third-order valence-electron chi connectivity index (χ3n) is 3.53. The summed E-state index contributed by atoms with van der Waals surface area (Å²) in [5.41, 5.74) is 2.85. The van der Waals surface area contributed by atoms with Gasteiger partial charge in [0.25, 0.3) is 0 Å². The highest BCUT2D eigenvalue weighted by Gasteiger charge is 2.15. The first-order valence-electron chi connectivity index (χ1n) is 7.31. The number of hydrogen-bond acceptors (Lipinski definition) is 2. The molecular formula is C18H19BrN2O2. The van der Waals surface area contributed by atoms with Gasteiger partial charge >= 0.3 is 0 Å². The Hall–Kier alpha value is -2.14. The first kappa shape index (κ1) is 17.2. The Labute approximate surface area is 144 Å². The van der Waals surface area contributed by atoms with Gasteiger partial charge in [-0.25, -0.2) is 0 Å². The van der Waals surface area contributed by atoms with Crippen LogP contribution in [0.25, 0.3) is 0 Å². The van der Waals surface area contributed by atoms with Crippen molar-refractivity contribution in [3.63, 3.8) is 0 Å². The van der Waals surface area contributed by atoms with Crippen molar-refractivity contribution >= 4 is 33.4 Å². The second-order valence-corrected chi connectivity index (χ2v) is 6.27. The number of halogens is 1. The first-order chi connectivity index (χ1) is 11.0. The third-order valence-corrected chi connectivity index (χ3v) is 4.06. The maximum atomic E-state index is 12.2. The molecular weight excluding hydrogens is 356 g/mol. The van der Waals surface area contributed by atoms with E-state index in [4.69, 9.17) is 0 Å². The summed E-state index contributed by atoms with van der Waals surface area (Å²) in [4.78, 5) is 25.5. The number of benzene rings is 2. The van der Waals surface area contributed by atoms with Crippen LogP contribution in [0.2, 0.25) is 0 Å². The standard InChI is InChI=1S/C18H19BrN2O2/c1-13-5-3-4-6-15(13)11-21(14(2)22)12-18(23)20-17-9-7-16(19)8-10-17/h3-10H,11-12H2,1-2H3,(H,20,23). The van der Waals surface area contributed by atoms with Gasteiger partial charge in [0, 0.05) is 23.6 Å². The van der Waals surface area contributed by atoms with Crippen LogP contribution < -0.4 is 5.32 Å². The average molecular weight is 375 g/mol. The Morgan fingerprint density at radius 3 is 2.35 bits per heavy atom. The summed E-state index contributed by atoms with van der Waals surface area (Å²) < 4.78 is 0.945. The highest BCUT2D eigenvalue weighted by atomic mass is 79.9. The molecule has 0 bridgehead atoms. The molecule has 120 valence electrons. The van der Waals surface area contributed by atoms with Crippen LogP contribution in [0.4, 0.5) is 5.69 Å². The number of carbonyl (C=O) groups excluding carboxylic acids is 2. The van der Waals surface area contributed by atoms with Crippen LogP contribution in [-0.2, 0) is 16.1 Å². The SMILES string of the molecule is CC(=O)N(CC(=O)Nc1ccc(Br)cc1)Cc1ccccc1C. The van der Waals surface area contributed by atoms with Crippen LogP contribution in [-0.4, -0.2) is 23.3 Å². The second kappa shape index (κ2) is 7.92. The molecule has 0 fully saturated rings. The predicted molar refractivity (Wildman–Crippen MR) is 95.0 cm³/mol. The van der Waals surface area contributed by atoms with E-state index in [0.717, 1.165) is 15.6 Å². The third kappa shape index (κ3) is 5.21. The number of nitrogens with one attached hydrogen (secondary N) is 1. The van der Waals surface area contributed by atoms with Gasteiger partial charge in [0.1, 0.15) is 6.54 Å². The molecule has 0 heterocycles. The van der Waals surface area contributed by atoms with Gasteiger partial charge in [-0.2, -0.15) is 0 Å². The van der Waals surface area contributed by atoms with Crippen molar-refractivity contribution in [3.05, 3.63) is 64.1 Å². The van der Waals surface area contributed by atoms with E-state index in [1.54, 1.807) is 12.1 Å². The molecule has 2 rings (SSSR count). The van der Waals surface area contributed by atoms with E-state index in [0.29, 0.717) is 12.2 Å². The maximum absolute atomic E-state index is 12.2. The fourth-order valence-corrected chi connectivity index (χ4v) is 2.44. The van der Waals surface area contributed by atoms with Crippen LogP contribution in [0.5, 0.6) is 0 Å². The monoisotopic (exact) mass is 374 g/mol. The molecule has 0 aliphatic heterocycles. The van der Waals surface area contributed by atoms with Gasteiger partial charge in [-0.15, -0.1) is 0 Å². The Bertz CT molecular complexity index is 698. The summed E-state index contributed by atoms with van der Waals surface area (Å²) in [6.45, 7) is 3.93. The summed E-state index contributed by atoms with van der Waals surface area (Å²) in [6, 6.07) is 15.2.